The van der Waals surface area contributed by atoms with Crippen LogP contribution >= 0.6 is 0 Å². The smallest absolute Gasteiger partial charge is 0.362 e. The second-order valence-corrected chi connectivity index (χ2v) is 6.32. The molecule has 0 bridgehead atoms. The summed E-state index contributed by atoms with van der Waals surface area (Å²) in [4.78, 5) is 29.3. The maximum Gasteiger partial charge on any atom is 0.362 e. The zero-order valence-corrected chi connectivity index (χ0v) is 16.8. The van der Waals surface area contributed by atoms with Crippen LogP contribution in [0.15, 0.2) is 40.9 Å². The van der Waals surface area contributed by atoms with E-state index < -0.39 is 11.9 Å². The Balaban J connectivity index is 1.93. The highest BCUT2D eigenvalue weighted by molar-refractivity contribution is 6.07. The number of ether oxygens (including phenoxy) is 1. The van der Waals surface area contributed by atoms with Crippen LogP contribution in [0.4, 0.5) is 5.88 Å². The molecule has 2 heterocycles. The minimum atomic E-state index is -0.639. The van der Waals surface area contributed by atoms with Crippen LogP contribution in [0.25, 0.3) is 5.69 Å². The summed E-state index contributed by atoms with van der Waals surface area (Å²) in [5.74, 6) is -0.725. The van der Waals surface area contributed by atoms with E-state index in [2.05, 4.69) is 15.4 Å². The molecule has 0 spiro atoms. The summed E-state index contributed by atoms with van der Waals surface area (Å²) in [6.45, 7) is 5.78. The third-order valence-electron chi connectivity index (χ3n) is 4.27. The number of anilines is 1. The second-order valence-electron chi connectivity index (χ2n) is 6.32. The van der Waals surface area contributed by atoms with Crippen molar-refractivity contribution in [3.63, 3.8) is 0 Å². The van der Waals surface area contributed by atoms with E-state index in [1.165, 1.54) is 6.20 Å². The highest BCUT2D eigenvalue weighted by Gasteiger charge is 2.25. The normalized spacial score (nSPS) is 10.7. The van der Waals surface area contributed by atoms with Crippen LogP contribution in [0.2, 0.25) is 0 Å². The summed E-state index contributed by atoms with van der Waals surface area (Å²) < 4.78 is 12.3. The van der Waals surface area contributed by atoms with E-state index in [9.17, 15) is 9.59 Å². The van der Waals surface area contributed by atoms with Crippen molar-refractivity contribution in [3.8, 4) is 5.69 Å². The summed E-state index contributed by atoms with van der Waals surface area (Å²) in [6.07, 6.45) is 3.51. The first-order valence-corrected chi connectivity index (χ1v) is 9.69. The van der Waals surface area contributed by atoms with Crippen molar-refractivity contribution in [1.82, 2.24) is 14.8 Å². The van der Waals surface area contributed by atoms with E-state index in [1.807, 2.05) is 44.2 Å². The molecule has 1 aromatic carbocycles. The van der Waals surface area contributed by atoms with Crippen molar-refractivity contribution in [3.05, 3.63) is 59.4 Å². The van der Waals surface area contributed by atoms with Crippen LogP contribution in [0.3, 0.4) is 0 Å². The van der Waals surface area contributed by atoms with Crippen LogP contribution in [0.1, 0.15) is 59.6 Å². The predicted octanol–water partition coefficient (Wildman–Crippen LogP) is 3.80. The van der Waals surface area contributed by atoms with Gasteiger partial charge in [0.05, 0.1) is 29.7 Å². The van der Waals surface area contributed by atoms with Gasteiger partial charge in [-0.15, -0.1) is 0 Å². The summed E-state index contributed by atoms with van der Waals surface area (Å²) in [5.41, 5.74) is 2.03. The number of rotatable bonds is 8. The average Bonchev–Trinajstić information content (AvgIpc) is 3.33. The molecule has 0 aliphatic heterocycles. The minimum Gasteiger partial charge on any atom is -0.461 e. The Morgan fingerprint density at radius 2 is 1.93 bits per heavy atom. The molecule has 0 saturated carbocycles. The van der Waals surface area contributed by atoms with Gasteiger partial charge in [0.2, 0.25) is 11.6 Å². The molecule has 3 aromatic rings. The fraction of sp³-hybridized carbons (Fsp3) is 0.333. The van der Waals surface area contributed by atoms with Crippen LogP contribution in [0, 0.1) is 0 Å². The van der Waals surface area contributed by atoms with Gasteiger partial charge in [-0.1, -0.05) is 38.5 Å². The van der Waals surface area contributed by atoms with Gasteiger partial charge in [-0.2, -0.15) is 5.10 Å². The zero-order chi connectivity index (χ0) is 20.8. The number of esters is 1. The van der Waals surface area contributed by atoms with Crippen molar-refractivity contribution in [2.24, 2.45) is 0 Å². The number of amides is 1. The topological polar surface area (TPSA) is 99.2 Å². The molecule has 8 nitrogen and oxygen atoms in total. The molecule has 2 aromatic heterocycles. The third kappa shape index (κ3) is 4.37. The Bertz CT molecular complexity index is 992. The number of nitrogens with zero attached hydrogens (tertiary/aromatic N) is 3. The largest absolute Gasteiger partial charge is 0.461 e. The summed E-state index contributed by atoms with van der Waals surface area (Å²) in [7, 11) is 0. The average molecular weight is 396 g/mol. The van der Waals surface area contributed by atoms with Crippen molar-refractivity contribution >= 4 is 17.8 Å². The SMILES string of the molecule is CCCc1c(C(=O)Nc2oc(CC)nc2C(=O)OCC)cnn1-c1ccccc1. The van der Waals surface area contributed by atoms with Gasteiger partial charge in [0.15, 0.2) is 5.89 Å². The number of nitrogens with one attached hydrogen (secondary N) is 1. The first-order chi connectivity index (χ1) is 14.1. The molecule has 1 amide bonds. The summed E-state index contributed by atoms with van der Waals surface area (Å²) in [5, 5.41) is 7.06. The van der Waals surface area contributed by atoms with Gasteiger partial charge < -0.3 is 9.15 Å². The Labute approximate surface area is 168 Å². The first-order valence-electron chi connectivity index (χ1n) is 9.69. The van der Waals surface area contributed by atoms with E-state index in [1.54, 1.807) is 11.6 Å². The number of aromatic nitrogens is 3. The van der Waals surface area contributed by atoms with Gasteiger partial charge in [-0.3, -0.25) is 10.1 Å². The maximum absolute atomic E-state index is 13.0. The highest BCUT2D eigenvalue weighted by atomic mass is 16.5. The molecular weight excluding hydrogens is 372 g/mol. The molecule has 0 atom stereocenters. The van der Waals surface area contributed by atoms with Gasteiger partial charge in [0.1, 0.15) is 0 Å². The lowest BCUT2D eigenvalue weighted by Gasteiger charge is -2.09. The van der Waals surface area contributed by atoms with E-state index in [0.29, 0.717) is 24.3 Å². The second kappa shape index (κ2) is 9.18. The molecule has 0 aliphatic carbocycles. The lowest BCUT2D eigenvalue weighted by molar-refractivity contribution is 0.0521. The Morgan fingerprint density at radius 1 is 1.17 bits per heavy atom. The number of oxazole rings is 1. The molecule has 0 saturated heterocycles. The van der Waals surface area contributed by atoms with Gasteiger partial charge in [-0.25, -0.2) is 14.5 Å². The third-order valence-corrected chi connectivity index (χ3v) is 4.27. The van der Waals surface area contributed by atoms with Crippen LogP contribution < -0.4 is 5.32 Å². The number of benzene rings is 1. The van der Waals surface area contributed by atoms with Gasteiger partial charge in [-0.05, 0) is 25.5 Å². The Hall–Kier alpha value is -3.42. The zero-order valence-electron chi connectivity index (χ0n) is 16.8. The number of carbonyl (C=O) groups excluding carboxylic acids is 2. The maximum atomic E-state index is 13.0. The predicted molar refractivity (Wildman–Crippen MR) is 107 cm³/mol. The highest BCUT2D eigenvalue weighted by Crippen LogP contribution is 2.22. The fourth-order valence-corrected chi connectivity index (χ4v) is 2.94. The fourth-order valence-electron chi connectivity index (χ4n) is 2.94. The standard InChI is InChI=1S/C21H24N4O4/c1-4-10-16-15(13-22-25(16)14-11-8-7-9-12-14)19(26)24-20-18(21(27)28-6-3)23-17(5-2)29-20/h7-9,11-13H,4-6,10H2,1-3H3,(H,24,26). The van der Waals surface area contributed by atoms with Crippen LogP contribution in [-0.4, -0.2) is 33.2 Å². The molecule has 0 fully saturated rings. The molecule has 3 rings (SSSR count). The van der Waals surface area contributed by atoms with Gasteiger partial charge >= 0.3 is 5.97 Å². The van der Waals surface area contributed by atoms with Crippen molar-refractivity contribution < 1.29 is 18.7 Å². The van der Waals surface area contributed by atoms with E-state index in [-0.39, 0.29) is 18.2 Å². The number of hydrogen-bond donors (Lipinski definition) is 1. The van der Waals surface area contributed by atoms with Crippen molar-refractivity contribution in [2.45, 2.75) is 40.0 Å². The summed E-state index contributed by atoms with van der Waals surface area (Å²) in [6, 6.07) is 9.61. The lowest BCUT2D eigenvalue weighted by atomic mass is 10.1. The minimum absolute atomic E-state index is 0.0137. The first kappa shape index (κ1) is 20.3. The number of carbonyl (C=O) groups is 2. The van der Waals surface area contributed by atoms with E-state index in [4.69, 9.17) is 9.15 Å². The summed E-state index contributed by atoms with van der Waals surface area (Å²) >= 11 is 0. The number of hydrogen-bond acceptors (Lipinski definition) is 6. The molecule has 0 unspecified atom stereocenters. The van der Waals surface area contributed by atoms with Gasteiger partial charge in [0.25, 0.3) is 5.91 Å². The lowest BCUT2D eigenvalue weighted by Crippen LogP contribution is -2.17. The molecule has 8 heteroatoms. The van der Waals surface area contributed by atoms with Crippen LogP contribution in [0.5, 0.6) is 0 Å². The molecule has 29 heavy (non-hydrogen) atoms. The van der Waals surface area contributed by atoms with Crippen LogP contribution in [-0.2, 0) is 17.6 Å². The Morgan fingerprint density at radius 3 is 2.59 bits per heavy atom. The van der Waals surface area contributed by atoms with Crippen molar-refractivity contribution in [2.75, 3.05) is 11.9 Å². The molecule has 1 N–H and O–H groups in total. The van der Waals surface area contributed by atoms with E-state index in [0.717, 1.165) is 17.8 Å². The monoisotopic (exact) mass is 396 g/mol. The van der Waals surface area contributed by atoms with Crippen molar-refractivity contribution in [1.29, 1.82) is 0 Å². The molecule has 0 aliphatic rings. The molecule has 152 valence electrons. The quantitative estimate of drug-likeness (QED) is 0.581. The Kier molecular flexibility index (Phi) is 6.43. The number of aryl methyl sites for hydroxylation is 1. The van der Waals surface area contributed by atoms with E-state index >= 15 is 0 Å². The molecular formula is C21H24N4O4. The molecule has 0 radical (unpaired) electrons. The van der Waals surface area contributed by atoms with Gasteiger partial charge in [0, 0.05) is 6.42 Å². The number of para-hydroxylation sites is 1.